The van der Waals surface area contributed by atoms with Gasteiger partial charge < -0.3 is 19.9 Å². The average Bonchev–Trinajstić information content (AvgIpc) is 2.96. The number of ether oxygens (including phenoxy) is 2. The van der Waals surface area contributed by atoms with Crippen LogP contribution in [0.3, 0.4) is 0 Å². The van der Waals surface area contributed by atoms with Crippen LogP contribution in [-0.4, -0.2) is 72.0 Å². The van der Waals surface area contributed by atoms with Crippen molar-refractivity contribution in [1.29, 1.82) is 0 Å². The molecule has 158 valence electrons. The van der Waals surface area contributed by atoms with Gasteiger partial charge in [-0.05, 0) is 30.7 Å². The maximum atomic E-state index is 12.8. The van der Waals surface area contributed by atoms with E-state index in [-0.39, 0.29) is 36.1 Å². The van der Waals surface area contributed by atoms with Gasteiger partial charge in [0.2, 0.25) is 5.91 Å². The van der Waals surface area contributed by atoms with Crippen molar-refractivity contribution in [3.8, 4) is 0 Å². The number of hydrogen-bond donors (Lipinski definition) is 3. The molecule has 1 aromatic rings. The SMILES string of the molecule is COC(CC[C@H](NC(=O)[C@@H](CCS)N1C(=O)c2ccccc2C1=O)C(=O)O)OC. The van der Waals surface area contributed by atoms with Crippen molar-refractivity contribution in [3.05, 3.63) is 35.4 Å². The van der Waals surface area contributed by atoms with E-state index in [2.05, 4.69) is 17.9 Å². The number of carboxylic acids is 1. The van der Waals surface area contributed by atoms with Crippen LogP contribution in [0.1, 0.15) is 40.0 Å². The average molecular weight is 424 g/mol. The zero-order chi connectivity index (χ0) is 21.6. The third-order valence-corrected chi connectivity index (χ3v) is 4.93. The summed E-state index contributed by atoms with van der Waals surface area (Å²) in [4.78, 5) is 50.7. The predicted molar refractivity (Wildman–Crippen MR) is 106 cm³/mol. The molecule has 29 heavy (non-hydrogen) atoms. The first-order chi connectivity index (χ1) is 13.8. The summed E-state index contributed by atoms with van der Waals surface area (Å²) in [5.74, 6) is -2.92. The summed E-state index contributed by atoms with van der Waals surface area (Å²) in [7, 11) is 2.85. The van der Waals surface area contributed by atoms with Crippen molar-refractivity contribution in [3.63, 3.8) is 0 Å². The molecule has 0 unspecified atom stereocenters. The Labute approximate surface area is 173 Å². The van der Waals surface area contributed by atoms with Crippen LogP contribution in [0.4, 0.5) is 0 Å². The molecule has 0 aromatic heterocycles. The maximum Gasteiger partial charge on any atom is 0.326 e. The Morgan fingerprint density at radius 3 is 2.07 bits per heavy atom. The van der Waals surface area contributed by atoms with Gasteiger partial charge in [0.25, 0.3) is 11.8 Å². The molecule has 10 heteroatoms. The molecule has 2 atom stereocenters. The molecular weight excluding hydrogens is 400 g/mol. The molecule has 0 aliphatic carbocycles. The highest BCUT2D eigenvalue weighted by atomic mass is 32.1. The second-order valence-corrected chi connectivity index (χ2v) is 6.88. The Bertz CT molecular complexity index is 747. The number of hydrogen-bond acceptors (Lipinski definition) is 7. The number of carbonyl (C=O) groups is 4. The number of thiol groups is 1. The van der Waals surface area contributed by atoms with Gasteiger partial charge in [0.1, 0.15) is 12.1 Å². The number of rotatable bonds is 11. The lowest BCUT2D eigenvalue weighted by Crippen LogP contribution is -2.53. The van der Waals surface area contributed by atoms with Crippen LogP contribution in [0.2, 0.25) is 0 Å². The standard InChI is InChI=1S/C19H24N2O7S/c1-27-15(28-2)8-7-13(19(25)26)20-16(22)14(9-10-29)21-17(23)11-5-3-4-6-12(11)18(21)24/h3-6,13-15,29H,7-10H2,1-2H3,(H,20,22)(H,25,26)/t13-,14+/m0/s1. The Balaban J connectivity index is 2.17. The number of imide groups is 1. The van der Waals surface area contributed by atoms with Crippen molar-refractivity contribution < 1.29 is 33.8 Å². The summed E-state index contributed by atoms with van der Waals surface area (Å²) in [6.07, 6.45) is -0.249. The van der Waals surface area contributed by atoms with Gasteiger partial charge in [-0.2, -0.15) is 12.6 Å². The fourth-order valence-electron chi connectivity index (χ4n) is 3.15. The Hall–Kier alpha value is -2.43. The fraction of sp³-hybridized carbons (Fsp3) is 0.474. The van der Waals surface area contributed by atoms with Gasteiger partial charge in [-0.3, -0.25) is 19.3 Å². The van der Waals surface area contributed by atoms with Gasteiger partial charge in [0, 0.05) is 20.6 Å². The lowest BCUT2D eigenvalue weighted by Gasteiger charge is -2.26. The summed E-state index contributed by atoms with van der Waals surface area (Å²) in [6.45, 7) is 0. The van der Waals surface area contributed by atoms with Crippen molar-refractivity contribution in [2.75, 3.05) is 20.0 Å². The molecule has 0 bridgehead atoms. The Kier molecular flexibility index (Phi) is 8.18. The van der Waals surface area contributed by atoms with Gasteiger partial charge in [0.15, 0.2) is 6.29 Å². The van der Waals surface area contributed by atoms with E-state index in [9.17, 15) is 24.3 Å². The Morgan fingerprint density at radius 1 is 1.07 bits per heavy atom. The first-order valence-electron chi connectivity index (χ1n) is 9.02. The normalized spacial score (nSPS) is 15.4. The summed E-state index contributed by atoms with van der Waals surface area (Å²) in [5, 5.41) is 11.9. The number of carbonyl (C=O) groups excluding carboxylic acids is 3. The van der Waals surface area contributed by atoms with E-state index in [0.29, 0.717) is 0 Å². The number of benzene rings is 1. The monoisotopic (exact) mass is 424 g/mol. The van der Waals surface area contributed by atoms with Gasteiger partial charge in [0.05, 0.1) is 11.1 Å². The third-order valence-electron chi connectivity index (χ3n) is 4.67. The molecular formula is C19H24N2O7S. The first-order valence-corrected chi connectivity index (χ1v) is 9.65. The molecule has 3 amide bonds. The molecule has 1 heterocycles. The van der Waals surface area contributed by atoms with Gasteiger partial charge in [-0.1, -0.05) is 12.1 Å². The molecule has 9 nitrogen and oxygen atoms in total. The number of aliphatic carboxylic acids is 1. The number of nitrogens with one attached hydrogen (secondary N) is 1. The van der Waals surface area contributed by atoms with E-state index in [1.807, 2.05) is 0 Å². The number of fused-ring (bicyclic) bond motifs is 1. The molecule has 2 rings (SSSR count). The van der Waals surface area contributed by atoms with Crippen LogP contribution in [-0.2, 0) is 19.1 Å². The lowest BCUT2D eigenvalue weighted by molar-refractivity contribution is -0.144. The number of carboxylic acid groups (broad SMARTS) is 1. The maximum absolute atomic E-state index is 12.8. The zero-order valence-corrected chi connectivity index (χ0v) is 17.1. The van der Waals surface area contributed by atoms with Gasteiger partial charge >= 0.3 is 5.97 Å². The minimum absolute atomic E-state index is 0.0448. The minimum atomic E-state index is -1.24. The van der Waals surface area contributed by atoms with E-state index in [0.717, 1.165) is 4.90 Å². The fourth-order valence-corrected chi connectivity index (χ4v) is 3.40. The first kappa shape index (κ1) is 22.9. The summed E-state index contributed by atoms with van der Waals surface area (Å²) < 4.78 is 10.1. The van der Waals surface area contributed by atoms with Gasteiger partial charge in [-0.15, -0.1) is 0 Å². The number of amides is 3. The van der Waals surface area contributed by atoms with Crippen molar-refractivity contribution in [2.24, 2.45) is 0 Å². The van der Waals surface area contributed by atoms with Crippen molar-refractivity contribution in [1.82, 2.24) is 10.2 Å². The summed E-state index contributed by atoms with van der Waals surface area (Å²) in [6, 6.07) is 3.89. The third kappa shape index (κ3) is 5.14. The second-order valence-electron chi connectivity index (χ2n) is 6.43. The highest BCUT2D eigenvalue weighted by Gasteiger charge is 2.42. The largest absolute Gasteiger partial charge is 0.480 e. The highest BCUT2D eigenvalue weighted by molar-refractivity contribution is 7.80. The van der Waals surface area contributed by atoms with E-state index in [1.165, 1.54) is 26.4 Å². The van der Waals surface area contributed by atoms with E-state index >= 15 is 0 Å². The molecule has 0 fully saturated rings. The summed E-state index contributed by atoms with van der Waals surface area (Å²) >= 11 is 4.11. The topological polar surface area (TPSA) is 122 Å². The second kappa shape index (κ2) is 10.4. The molecule has 0 spiro atoms. The molecule has 1 aromatic carbocycles. The molecule has 0 saturated heterocycles. The Morgan fingerprint density at radius 2 is 1.62 bits per heavy atom. The molecule has 1 aliphatic rings. The van der Waals surface area contributed by atoms with Crippen molar-refractivity contribution >= 4 is 36.3 Å². The van der Waals surface area contributed by atoms with E-state index in [4.69, 9.17) is 9.47 Å². The van der Waals surface area contributed by atoms with E-state index < -0.39 is 42.1 Å². The van der Waals surface area contributed by atoms with Gasteiger partial charge in [-0.25, -0.2) is 4.79 Å². The number of methoxy groups -OCH3 is 2. The molecule has 0 radical (unpaired) electrons. The quantitative estimate of drug-likeness (QED) is 0.274. The van der Waals surface area contributed by atoms with Crippen LogP contribution in [0, 0.1) is 0 Å². The molecule has 2 N–H and O–H groups in total. The van der Waals surface area contributed by atoms with E-state index in [1.54, 1.807) is 12.1 Å². The molecule has 1 aliphatic heterocycles. The molecule has 0 saturated carbocycles. The lowest BCUT2D eigenvalue weighted by atomic mass is 10.1. The van der Waals surface area contributed by atoms with Crippen LogP contribution in [0.25, 0.3) is 0 Å². The van der Waals surface area contributed by atoms with Crippen LogP contribution < -0.4 is 5.32 Å². The number of nitrogens with zero attached hydrogens (tertiary/aromatic N) is 1. The zero-order valence-electron chi connectivity index (χ0n) is 16.2. The van der Waals surface area contributed by atoms with Crippen molar-refractivity contribution in [2.45, 2.75) is 37.6 Å². The smallest absolute Gasteiger partial charge is 0.326 e. The highest BCUT2D eigenvalue weighted by Crippen LogP contribution is 2.26. The van der Waals surface area contributed by atoms with Crippen LogP contribution >= 0.6 is 12.6 Å². The van der Waals surface area contributed by atoms with Crippen LogP contribution in [0.5, 0.6) is 0 Å². The minimum Gasteiger partial charge on any atom is -0.480 e. The predicted octanol–water partition coefficient (Wildman–Crippen LogP) is 0.940. The summed E-state index contributed by atoms with van der Waals surface area (Å²) in [5.41, 5.74) is 0.430. The van der Waals surface area contributed by atoms with Crippen LogP contribution in [0.15, 0.2) is 24.3 Å².